The summed E-state index contributed by atoms with van der Waals surface area (Å²) in [6.07, 6.45) is -1.26. The number of ether oxygens (including phenoxy) is 2. The summed E-state index contributed by atoms with van der Waals surface area (Å²) in [5.74, 6) is -0.710. The molecule has 0 bridgehead atoms. The van der Waals surface area contributed by atoms with E-state index in [0.29, 0.717) is 21.8 Å². The molecular formula is C28H20N2O8S. The second kappa shape index (κ2) is 12.0. The number of benzene rings is 4. The average molecular weight is 545 g/mol. The standard InChI is InChI=1S/C28H20N2O8S/c1-37-21-14-11-18(12-15-21)26(31)27(19-7-3-2-4-8-19)38-28(32)22-9-5-6-10-24(22)39-25-16-13-20(29(33)34)17-23(25)30(35)36/h2-17,27H,1H3. The molecule has 4 aromatic carbocycles. The molecule has 0 saturated heterocycles. The van der Waals surface area contributed by atoms with E-state index in [0.717, 1.165) is 23.9 Å². The van der Waals surface area contributed by atoms with Crippen molar-refractivity contribution in [1.29, 1.82) is 0 Å². The first-order chi connectivity index (χ1) is 18.8. The molecule has 0 aliphatic heterocycles. The van der Waals surface area contributed by atoms with Crippen molar-refractivity contribution < 1.29 is 28.9 Å². The van der Waals surface area contributed by atoms with Gasteiger partial charge in [0.25, 0.3) is 11.4 Å². The van der Waals surface area contributed by atoms with Crippen LogP contribution >= 0.6 is 11.8 Å². The minimum atomic E-state index is -1.26. The van der Waals surface area contributed by atoms with Crippen LogP contribution < -0.4 is 4.74 Å². The second-order valence-electron chi connectivity index (χ2n) is 8.05. The number of methoxy groups -OCH3 is 1. The van der Waals surface area contributed by atoms with Gasteiger partial charge in [-0.3, -0.25) is 25.0 Å². The molecule has 0 radical (unpaired) electrons. The van der Waals surface area contributed by atoms with Crippen LogP contribution in [0.5, 0.6) is 5.75 Å². The summed E-state index contributed by atoms with van der Waals surface area (Å²) >= 11 is 0.886. The summed E-state index contributed by atoms with van der Waals surface area (Å²) in [7, 11) is 1.51. The number of esters is 1. The third kappa shape index (κ3) is 6.28. The van der Waals surface area contributed by atoms with E-state index in [2.05, 4.69) is 0 Å². The van der Waals surface area contributed by atoms with Crippen LogP contribution in [-0.4, -0.2) is 28.7 Å². The number of rotatable bonds is 10. The van der Waals surface area contributed by atoms with E-state index in [1.807, 2.05) is 0 Å². The summed E-state index contributed by atoms with van der Waals surface area (Å²) in [5, 5.41) is 22.7. The van der Waals surface area contributed by atoms with Crippen molar-refractivity contribution in [3.63, 3.8) is 0 Å². The third-order valence-corrected chi connectivity index (χ3v) is 6.76. The molecule has 10 nitrogen and oxygen atoms in total. The summed E-state index contributed by atoms with van der Waals surface area (Å²) in [4.78, 5) is 48.5. The maximum Gasteiger partial charge on any atom is 0.340 e. The van der Waals surface area contributed by atoms with Gasteiger partial charge in [0.15, 0.2) is 6.10 Å². The minimum absolute atomic E-state index is 0.0682. The monoisotopic (exact) mass is 544 g/mol. The van der Waals surface area contributed by atoms with Gasteiger partial charge in [-0.15, -0.1) is 0 Å². The van der Waals surface area contributed by atoms with Crippen LogP contribution in [0.4, 0.5) is 11.4 Å². The van der Waals surface area contributed by atoms with Crippen molar-refractivity contribution in [2.75, 3.05) is 7.11 Å². The number of Topliss-reactive ketones (excluding diaryl/α,β-unsaturated/α-hetero) is 1. The lowest BCUT2D eigenvalue weighted by Crippen LogP contribution is -2.20. The van der Waals surface area contributed by atoms with Crippen molar-refractivity contribution in [1.82, 2.24) is 0 Å². The quantitative estimate of drug-likeness (QED) is 0.0954. The highest BCUT2D eigenvalue weighted by Gasteiger charge is 2.28. The zero-order valence-electron chi connectivity index (χ0n) is 20.4. The number of hydrogen-bond donors (Lipinski definition) is 0. The maximum absolute atomic E-state index is 13.4. The number of hydrogen-bond acceptors (Lipinski definition) is 9. The molecule has 0 aliphatic carbocycles. The molecule has 4 rings (SSSR count). The van der Waals surface area contributed by atoms with E-state index >= 15 is 0 Å². The Morgan fingerprint density at radius 3 is 2.10 bits per heavy atom. The van der Waals surface area contributed by atoms with Crippen LogP contribution in [0, 0.1) is 20.2 Å². The molecule has 0 aliphatic rings. The van der Waals surface area contributed by atoms with Gasteiger partial charge >= 0.3 is 5.97 Å². The van der Waals surface area contributed by atoms with Crippen molar-refractivity contribution in [2.45, 2.75) is 15.9 Å². The molecule has 196 valence electrons. The van der Waals surface area contributed by atoms with E-state index in [1.165, 1.54) is 19.2 Å². The fourth-order valence-corrected chi connectivity index (χ4v) is 4.69. The third-order valence-electron chi connectivity index (χ3n) is 5.62. The largest absolute Gasteiger partial charge is 0.497 e. The van der Waals surface area contributed by atoms with Crippen molar-refractivity contribution in [2.24, 2.45) is 0 Å². The Labute approximate surface area is 226 Å². The number of nitro groups is 2. The Morgan fingerprint density at radius 2 is 1.46 bits per heavy atom. The first kappa shape index (κ1) is 27.0. The van der Waals surface area contributed by atoms with Gasteiger partial charge in [-0.2, -0.15) is 0 Å². The molecule has 39 heavy (non-hydrogen) atoms. The van der Waals surface area contributed by atoms with Gasteiger partial charge in [0.2, 0.25) is 5.78 Å². The van der Waals surface area contributed by atoms with Gasteiger partial charge in [-0.25, -0.2) is 4.79 Å². The number of ketones is 1. The fourth-order valence-electron chi connectivity index (χ4n) is 3.67. The number of carbonyl (C=O) groups excluding carboxylic acids is 2. The first-order valence-corrected chi connectivity index (χ1v) is 12.2. The van der Waals surface area contributed by atoms with Crippen molar-refractivity contribution in [3.05, 3.63) is 134 Å². The Morgan fingerprint density at radius 1 is 0.795 bits per heavy atom. The smallest absolute Gasteiger partial charge is 0.340 e. The van der Waals surface area contributed by atoms with Gasteiger partial charge in [0.05, 0.1) is 33.5 Å². The molecule has 0 heterocycles. The van der Waals surface area contributed by atoms with Crippen LogP contribution in [0.25, 0.3) is 0 Å². The lowest BCUT2D eigenvalue weighted by atomic mass is 9.99. The van der Waals surface area contributed by atoms with E-state index in [-0.39, 0.29) is 10.5 Å². The van der Waals surface area contributed by atoms with Gasteiger partial charge in [0.1, 0.15) is 5.75 Å². The maximum atomic E-state index is 13.4. The summed E-state index contributed by atoms with van der Waals surface area (Å²) < 4.78 is 10.9. The van der Waals surface area contributed by atoms with E-state index in [9.17, 15) is 29.8 Å². The van der Waals surface area contributed by atoms with E-state index < -0.39 is 39.1 Å². The Bertz CT molecular complexity index is 1540. The summed E-state index contributed by atoms with van der Waals surface area (Å²) in [6, 6.07) is 24.5. The number of nitro benzene ring substituents is 2. The molecule has 11 heteroatoms. The predicted molar refractivity (Wildman–Crippen MR) is 142 cm³/mol. The van der Waals surface area contributed by atoms with Gasteiger partial charge < -0.3 is 9.47 Å². The Hall–Kier alpha value is -5.03. The van der Waals surface area contributed by atoms with Crippen molar-refractivity contribution >= 4 is 34.9 Å². The summed E-state index contributed by atoms with van der Waals surface area (Å²) in [6.45, 7) is 0. The van der Waals surface area contributed by atoms with Crippen LogP contribution in [0.2, 0.25) is 0 Å². The van der Waals surface area contributed by atoms with Gasteiger partial charge in [-0.05, 0) is 42.5 Å². The van der Waals surface area contributed by atoms with E-state index in [4.69, 9.17) is 9.47 Å². The van der Waals surface area contributed by atoms with E-state index in [1.54, 1.807) is 72.8 Å². The lowest BCUT2D eigenvalue weighted by Gasteiger charge is -2.18. The molecule has 0 N–H and O–H groups in total. The number of nitrogens with zero attached hydrogens (tertiary/aromatic N) is 2. The summed E-state index contributed by atoms with van der Waals surface area (Å²) in [5.41, 5.74) is -0.0706. The highest BCUT2D eigenvalue weighted by Crippen LogP contribution is 2.39. The molecule has 4 aromatic rings. The molecule has 0 spiro atoms. The minimum Gasteiger partial charge on any atom is -0.497 e. The van der Waals surface area contributed by atoms with Gasteiger partial charge in [-0.1, -0.05) is 54.2 Å². The van der Waals surface area contributed by atoms with Crippen LogP contribution in [0.1, 0.15) is 32.4 Å². The second-order valence-corrected chi connectivity index (χ2v) is 9.14. The lowest BCUT2D eigenvalue weighted by molar-refractivity contribution is -0.396. The van der Waals surface area contributed by atoms with Gasteiger partial charge in [0, 0.05) is 22.1 Å². The highest BCUT2D eigenvalue weighted by molar-refractivity contribution is 7.99. The van der Waals surface area contributed by atoms with Crippen molar-refractivity contribution in [3.8, 4) is 5.75 Å². The predicted octanol–water partition coefficient (Wildman–Crippen LogP) is 6.44. The molecular weight excluding hydrogens is 524 g/mol. The molecule has 0 aromatic heterocycles. The fraction of sp³-hybridized carbons (Fsp3) is 0.0714. The zero-order chi connectivity index (χ0) is 27.9. The molecule has 0 amide bonds. The SMILES string of the molecule is COc1ccc(C(=O)C(OC(=O)c2ccccc2Sc2ccc([N+](=O)[O-])cc2[N+](=O)[O-])c2ccccc2)cc1. The first-order valence-electron chi connectivity index (χ1n) is 11.4. The normalized spacial score (nSPS) is 11.3. The Balaban J connectivity index is 1.66. The Kier molecular flexibility index (Phi) is 8.32. The molecule has 1 unspecified atom stereocenters. The van der Waals surface area contributed by atoms with Crippen LogP contribution in [0.3, 0.4) is 0 Å². The average Bonchev–Trinajstić information content (AvgIpc) is 2.96. The topological polar surface area (TPSA) is 139 Å². The number of non-ortho nitro benzene ring substituents is 1. The molecule has 1 atom stereocenters. The highest BCUT2D eigenvalue weighted by atomic mass is 32.2. The van der Waals surface area contributed by atoms with Crippen LogP contribution in [-0.2, 0) is 4.74 Å². The zero-order valence-corrected chi connectivity index (χ0v) is 21.2. The van der Waals surface area contributed by atoms with Crippen LogP contribution in [0.15, 0.2) is 107 Å². The number of carbonyl (C=O) groups is 2. The molecule has 0 fully saturated rings. The molecule has 0 saturated carbocycles.